The van der Waals surface area contributed by atoms with Gasteiger partial charge in [-0.05, 0) is 76.0 Å². The molecule has 0 saturated carbocycles. The van der Waals surface area contributed by atoms with Crippen LogP contribution in [0.4, 0.5) is 0 Å². The van der Waals surface area contributed by atoms with Crippen molar-refractivity contribution in [2.24, 2.45) is 0 Å². The van der Waals surface area contributed by atoms with Gasteiger partial charge in [-0.3, -0.25) is 0 Å². The smallest absolute Gasteiger partial charge is 0.0125 e. The molecular formula is C22H25P3. The molecule has 0 aliphatic carbocycles. The number of hydrogen-bond donors (Lipinski definition) is 0. The van der Waals surface area contributed by atoms with Crippen LogP contribution in [0.15, 0.2) is 54.6 Å². The zero-order valence-electron chi connectivity index (χ0n) is 14.8. The minimum atomic E-state index is 0.995. The molecule has 0 fully saturated rings. The summed E-state index contributed by atoms with van der Waals surface area (Å²) in [6.45, 7) is 4.37. The summed E-state index contributed by atoms with van der Waals surface area (Å²) in [4.78, 5) is 0. The molecular weight excluding hydrogens is 357 g/mol. The molecule has 3 aromatic carbocycles. The van der Waals surface area contributed by atoms with Crippen LogP contribution < -0.4 is 5.30 Å². The van der Waals surface area contributed by atoms with E-state index in [-0.39, 0.29) is 0 Å². The molecule has 0 nitrogen and oxygen atoms in total. The summed E-state index contributed by atoms with van der Waals surface area (Å²) in [5.41, 5.74) is 10.6. The van der Waals surface area contributed by atoms with Crippen LogP contribution in [0.2, 0.25) is 0 Å². The summed E-state index contributed by atoms with van der Waals surface area (Å²) in [6.07, 6.45) is 2.00. The van der Waals surface area contributed by atoms with Crippen LogP contribution in [-0.2, 0) is 12.3 Å². The highest BCUT2D eigenvalue weighted by atomic mass is 31.0. The van der Waals surface area contributed by atoms with Gasteiger partial charge >= 0.3 is 0 Å². The number of benzene rings is 3. The van der Waals surface area contributed by atoms with Crippen molar-refractivity contribution in [3.63, 3.8) is 0 Å². The second kappa shape index (κ2) is 8.10. The van der Waals surface area contributed by atoms with Gasteiger partial charge in [0.05, 0.1) is 0 Å². The summed E-state index contributed by atoms with van der Waals surface area (Å²) >= 11 is 0. The quantitative estimate of drug-likeness (QED) is 0.494. The van der Waals surface area contributed by atoms with Crippen molar-refractivity contribution in [1.82, 2.24) is 0 Å². The second-order valence-corrected chi connectivity index (χ2v) is 7.93. The lowest BCUT2D eigenvalue weighted by atomic mass is 9.93. The largest absolute Gasteiger partial charge is 0.133 e. The van der Waals surface area contributed by atoms with Gasteiger partial charge in [0.2, 0.25) is 0 Å². The first kappa shape index (κ1) is 18.7. The zero-order valence-corrected chi connectivity index (χ0v) is 18.3. The standard InChI is InChI=1S/C22H25P3/c1-14-9-16(17-6-8-22(25)15(2)10-17)5-7-21(14)18-3-4-19(12-23)20(11-18)13-24/h3-11H,12-13,23-25H2,1-2H3. The first-order chi connectivity index (χ1) is 12.0. The molecule has 0 spiro atoms. The van der Waals surface area contributed by atoms with Crippen molar-refractivity contribution in [3.05, 3.63) is 76.9 Å². The monoisotopic (exact) mass is 382 g/mol. The maximum absolute atomic E-state index is 2.85. The van der Waals surface area contributed by atoms with Gasteiger partial charge in [0.25, 0.3) is 0 Å². The molecule has 0 radical (unpaired) electrons. The van der Waals surface area contributed by atoms with Crippen LogP contribution in [0.1, 0.15) is 22.3 Å². The Labute approximate surface area is 158 Å². The van der Waals surface area contributed by atoms with Gasteiger partial charge in [-0.25, -0.2) is 0 Å². The van der Waals surface area contributed by atoms with Crippen molar-refractivity contribution in [3.8, 4) is 22.3 Å². The molecule has 3 heteroatoms. The molecule has 0 amide bonds. The van der Waals surface area contributed by atoms with Gasteiger partial charge in [0.1, 0.15) is 0 Å². The van der Waals surface area contributed by atoms with Crippen molar-refractivity contribution < 1.29 is 0 Å². The minimum absolute atomic E-state index is 0.995. The second-order valence-electron chi connectivity index (χ2n) is 6.49. The van der Waals surface area contributed by atoms with Crippen molar-refractivity contribution in [2.75, 3.05) is 0 Å². The van der Waals surface area contributed by atoms with E-state index in [9.17, 15) is 0 Å². The third-order valence-corrected chi connectivity index (χ3v) is 6.31. The molecule has 0 aliphatic heterocycles. The molecule has 0 saturated heterocycles. The Morgan fingerprint density at radius 2 is 1.24 bits per heavy atom. The lowest BCUT2D eigenvalue weighted by molar-refractivity contribution is 1.28. The molecule has 3 atom stereocenters. The van der Waals surface area contributed by atoms with Crippen molar-refractivity contribution in [2.45, 2.75) is 26.2 Å². The molecule has 0 bridgehead atoms. The summed E-state index contributed by atoms with van der Waals surface area (Å²) in [6, 6.07) is 20.3. The molecule has 3 rings (SSSR count). The molecule has 0 N–H and O–H groups in total. The van der Waals surface area contributed by atoms with Crippen molar-refractivity contribution >= 4 is 33.0 Å². The van der Waals surface area contributed by atoms with E-state index in [1.54, 1.807) is 0 Å². The van der Waals surface area contributed by atoms with E-state index in [1.807, 2.05) is 0 Å². The molecule has 0 aromatic heterocycles. The highest BCUT2D eigenvalue weighted by molar-refractivity contribution is 7.27. The summed E-state index contributed by atoms with van der Waals surface area (Å²) in [5, 5.41) is 1.26. The van der Waals surface area contributed by atoms with E-state index in [1.165, 1.54) is 49.8 Å². The number of hydrogen-bond acceptors (Lipinski definition) is 0. The highest BCUT2D eigenvalue weighted by Crippen LogP contribution is 2.31. The van der Waals surface area contributed by atoms with Crippen LogP contribution in [0, 0.1) is 13.8 Å². The SMILES string of the molecule is Cc1cc(-c2ccc(-c3ccc(CP)c(CP)c3)c(C)c2)ccc1P. The van der Waals surface area contributed by atoms with Crippen LogP contribution in [-0.4, -0.2) is 0 Å². The topological polar surface area (TPSA) is 0 Å². The maximum Gasteiger partial charge on any atom is -0.0125 e. The Balaban J connectivity index is 2.01. The van der Waals surface area contributed by atoms with Gasteiger partial charge in [0, 0.05) is 0 Å². The first-order valence-electron chi connectivity index (χ1n) is 8.53. The Morgan fingerprint density at radius 1 is 0.640 bits per heavy atom. The fourth-order valence-electron chi connectivity index (χ4n) is 3.21. The van der Waals surface area contributed by atoms with E-state index in [0.717, 1.165) is 12.3 Å². The Morgan fingerprint density at radius 3 is 1.84 bits per heavy atom. The molecule has 3 unspecified atom stereocenters. The van der Waals surface area contributed by atoms with Crippen LogP contribution in [0.25, 0.3) is 22.3 Å². The van der Waals surface area contributed by atoms with E-state index in [0.29, 0.717) is 0 Å². The summed E-state index contributed by atoms with van der Waals surface area (Å²) in [5.74, 6) is 0. The zero-order chi connectivity index (χ0) is 18.0. The maximum atomic E-state index is 2.85. The van der Waals surface area contributed by atoms with Crippen LogP contribution in [0.5, 0.6) is 0 Å². The Bertz CT molecular complexity index is 913. The predicted octanol–water partition coefficient (Wildman–Crippen LogP) is 5.89. The minimum Gasteiger partial charge on any atom is -0.133 e. The van der Waals surface area contributed by atoms with Crippen molar-refractivity contribution in [1.29, 1.82) is 0 Å². The number of aryl methyl sites for hydroxylation is 2. The third kappa shape index (κ3) is 4.04. The Hall–Kier alpha value is -1.05. The van der Waals surface area contributed by atoms with Crippen LogP contribution in [0.3, 0.4) is 0 Å². The molecule has 0 aliphatic rings. The fraction of sp³-hybridized carbons (Fsp3) is 0.182. The first-order valence-corrected chi connectivity index (χ1v) is 10.7. The van der Waals surface area contributed by atoms with Gasteiger partial charge in [0.15, 0.2) is 0 Å². The lowest BCUT2D eigenvalue weighted by Crippen LogP contribution is -1.96. The lowest BCUT2D eigenvalue weighted by Gasteiger charge is -2.13. The number of rotatable bonds is 4. The summed E-state index contributed by atoms with van der Waals surface area (Å²) in [7, 11) is 8.47. The molecule has 25 heavy (non-hydrogen) atoms. The normalized spacial score (nSPS) is 10.9. The summed E-state index contributed by atoms with van der Waals surface area (Å²) < 4.78 is 0. The predicted molar refractivity (Wildman–Crippen MR) is 123 cm³/mol. The van der Waals surface area contributed by atoms with E-state index in [4.69, 9.17) is 0 Å². The van der Waals surface area contributed by atoms with Gasteiger partial charge in [-0.1, -0.05) is 54.6 Å². The fourth-order valence-corrected chi connectivity index (χ4v) is 4.16. The van der Waals surface area contributed by atoms with Gasteiger partial charge < -0.3 is 0 Å². The highest BCUT2D eigenvalue weighted by Gasteiger charge is 2.08. The van der Waals surface area contributed by atoms with E-state index in [2.05, 4.69) is 96.2 Å². The molecule has 3 aromatic rings. The molecule has 0 heterocycles. The van der Waals surface area contributed by atoms with E-state index >= 15 is 0 Å². The van der Waals surface area contributed by atoms with Crippen LogP contribution >= 0.6 is 27.7 Å². The van der Waals surface area contributed by atoms with Gasteiger partial charge in [-0.2, -0.15) is 0 Å². The average molecular weight is 382 g/mol. The Kier molecular flexibility index (Phi) is 6.07. The molecule has 128 valence electrons. The average Bonchev–Trinajstić information content (AvgIpc) is 2.63. The third-order valence-electron chi connectivity index (χ3n) is 4.79. The van der Waals surface area contributed by atoms with Gasteiger partial charge in [-0.15, -0.1) is 27.7 Å². The van der Waals surface area contributed by atoms with E-state index < -0.39 is 0 Å².